The van der Waals surface area contributed by atoms with Crippen molar-refractivity contribution < 1.29 is 0 Å². The van der Waals surface area contributed by atoms with Crippen molar-refractivity contribution in [2.24, 2.45) is 0 Å². The van der Waals surface area contributed by atoms with Gasteiger partial charge in [-0.2, -0.15) is 10.2 Å². The van der Waals surface area contributed by atoms with Gasteiger partial charge in [0.05, 0.1) is 22.8 Å². The Morgan fingerprint density at radius 3 is 1.30 bits per heavy atom. The van der Waals surface area contributed by atoms with Crippen LogP contribution in [0.3, 0.4) is 0 Å². The van der Waals surface area contributed by atoms with Gasteiger partial charge in [-0.05, 0) is 62.5 Å². The highest BCUT2D eigenvalue weighted by Gasteiger charge is 2.38. The predicted molar refractivity (Wildman–Crippen MR) is 222 cm³/mol. The smallest absolute Gasteiger partial charge is 0.192 e. The number of allylic oxidation sites excluding steroid dienone is 4. The Morgan fingerprint density at radius 2 is 0.815 bits per heavy atom. The summed E-state index contributed by atoms with van der Waals surface area (Å²) in [6.45, 7) is 0. The lowest BCUT2D eigenvalue weighted by atomic mass is 9.90. The van der Waals surface area contributed by atoms with Crippen LogP contribution in [0, 0.1) is 0 Å². The molecule has 0 N–H and O–H groups in total. The SMILES string of the molecule is C1=CC(n2nc(-c3cccc4ccccc34)cc2-c2ccccc2)(n2nc(-c3cccc4ccccc34)cc2-c2ccccc2)C=CC1c1ccccc1. The summed E-state index contributed by atoms with van der Waals surface area (Å²) in [5, 5.41) is 15.9. The van der Waals surface area contributed by atoms with E-state index < -0.39 is 5.66 Å². The molecule has 256 valence electrons. The number of rotatable bonds is 7. The van der Waals surface area contributed by atoms with Crippen molar-refractivity contribution in [3.05, 3.63) is 218 Å². The summed E-state index contributed by atoms with van der Waals surface area (Å²) in [7, 11) is 0. The zero-order chi connectivity index (χ0) is 35.9. The van der Waals surface area contributed by atoms with Gasteiger partial charge in [0.15, 0.2) is 5.66 Å². The van der Waals surface area contributed by atoms with E-state index >= 15 is 0 Å². The van der Waals surface area contributed by atoms with Gasteiger partial charge in [-0.1, -0.05) is 188 Å². The molecule has 4 nitrogen and oxygen atoms in total. The number of nitrogens with zero attached hydrogens (tertiary/aromatic N) is 4. The van der Waals surface area contributed by atoms with Crippen LogP contribution in [0.2, 0.25) is 0 Å². The molecule has 0 spiro atoms. The van der Waals surface area contributed by atoms with Crippen LogP contribution in [0.15, 0.2) is 212 Å². The van der Waals surface area contributed by atoms with E-state index in [1.54, 1.807) is 0 Å². The van der Waals surface area contributed by atoms with Crippen LogP contribution in [0.1, 0.15) is 11.5 Å². The van der Waals surface area contributed by atoms with Crippen molar-refractivity contribution in [3.63, 3.8) is 0 Å². The summed E-state index contributed by atoms with van der Waals surface area (Å²) < 4.78 is 4.36. The molecule has 0 aliphatic heterocycles. The van der Waals surface area contributed by atoms with E-state index in [2.05, 4.69) is 222 Å². The van der Waals surface area contributed by atoms with Crippen molar-refractivity contribution in [3.8, 4) is 45.0 Å². The molecule has 54 heavy (non-hydrogen) atoms. The molecule has 7 aromatic carbocycles. The molecule has 1 aliphatic rings. The topological polar surface area (TPSA) is 35.6 Å². The fourth-order valence-electron chi connectivity index (χ4n) is 7.98. The fraction of sp³-hybridized carbons (Fsp3) is 0.0400. The quantitative estimate of drug-likeness (QED) is 0.156. The van der Waals surface area contributed by atoms with Crippen molar-refractivity contribution in [1.29, 1.82) is 0 Å². The summed E-state index contributed by atoms with van der Waals surface area (Å²) in [4.78, 5) is 0. The van der Waals surface area contributed by atoms with Gasteiger partial charge in [0.1, 0.15) is 0 Å². The van der Waals surface area contributed by atoms with Crippen molar-refractivity contribution in [1.82, 2.24) is 19.6 Å². The van der Waals surface area contributed by atoms with Crippen LogP contribution < -0.4 is 0 Å². The maximum absolute atomic E-state index is 5.60. The zero-order valence-electron chi connectivity index (χ0n) is 29.6. The maximum atomic E-state index is 5.60. The Kier molecular flexibility index (Phi) is 7.73. The highest BCUT2D eigenvalue weighted by molar-refractivity contribution is 5.97. The van der Waals surface area contributed by atoms with Crippen LogP contribution in [0.5, 0.6) is 0 Å². The molecular formula is C50H36N4. The normalized spacial score (nSPS) is 13.9. The molecule has 2 heterocycles. The van der Waals surface area contributed by atoms with Gasteiger partial charge in [0.25, 0.3) is 0 Å². The molecule has 4 heteroatoms. The summed E-state index contributed by atoms with van der Waals surface area (Å²) >= 11 is 0. The molecule has 0 saturated heterocycles. The third-order valence-corrected chi connectivity index (χ3v) is 10.6. The van der Waals surface area contributed by atoms with E-state index in [9.17, 15) is 0 Å². The van der Waals surface area contributed by atoms with Gasteiger partial charge in [-0.15, -0.1) is 0 Å². The molecule has 0 fully saturated rings. The molecule has 0 bridgehead atoms. The molecule has 2 aromatic heterocycles. The first-order valence-corrected chi connectivity index (χ1v) is 18.5. The zero-order valence-corrected chi connectivity index (χ0v) is 29.6. The lowest BCUT2D eigenvalue weighted by Gasteiger charge is -2.35. The second kappa shape index (κ2) is 13.2. The van der Waals surface area contributed by atoms with E-state index in [0.29, 0.717) is 0 Å². The number of fused-ring (bicyclic) bond motifs is 2. The Morgan fingerprint density at radius 1 is 0.407 bits per heavy atom. The first-order valence-electron chi connectivity index (χ1n) is 18.5. The van der Waals surface area contributed by atoms with E-state index in [0.717, 1.165) is 45.0 Å². The first-order chi connectivity index (χ1) is 26.7. The maximum Gasteiger partial charge on any atom is 0.192 e. The number of aromatic nitrogens is 4. The minimum absolute atomic E-state index is 0.0980. The van der Waals surface area contributed by atoms with Crippen LogP contribution in [0.4, 0.5) is 0 Å². The van der Waals surface area contributed by atoms with E-state index in [1.807, 2.05) is 0 Å². The minimum Gasteiger partial charge on any atom is -0.229 e. The van der Waals surface area contributed by atoms with E-state index in [4.69, 9.17) is 10.2 Å². The van der Waals surface area contributed by atoms with Gasteiger partial charge < -0.3 is 0 Å². The van der Waals surface area contributed by atoms with Gasteiger partial charge in [-0.3, -0.25) is 0 Å². The van der Waals surface area contributed by atoms with E-state index in [-0.39, 0.29) is 5.92 Å². The van der Waals surface area contributed by atoms with Gasteiger partial charge >= 0.3 is 0 Å². The summed E-state index contributed by atoms with van der Waals surface area (Å²) in [5.41, 5.74) is 8.40. The van der Waals surface area contributed by atoms with Crippen LogP contribution >= 0.6 is 0 Å². The van der Waals surface area contributed by atoms with Crippen LogP contribution in [0.25, 0.3) is 66.6 Å². The third kappa shape index (κ3) is 5.39. The Hall–Kier alpha value is -7.04. The molecule has 10 rings (SSSR count). The largest absolute Gasteiger partial charge is 0.229 e. The molecule has 9 aromatic rings. The molecule has 0 radical (unpaired) electrons. The van der Waals surface area contributed by atoms with Gasteiger partial charge in [0, 0.05) is 17.0 Å². The summed E-state index contributed by atoms with van der Waals surface area (Å²) in [5.74, 6) is 0.0980. The summed E-state index contributed by atoms with van der Waals surface area (Å²) in [6.07, 6.45) is 9.20. The third-order valence-electron chi connectivity index (χ3n) is 10.6. The molecule has 0 amide bonds. The Bertz CT molecular complexity index is 2640. The lowest BCUT2D eigenvalue weighted by molar-refractivity contribution is 0.326. The fourth-order valence-corrected chi connectivity index (χ4v) is 7.98. The number of benzene rings is 7. The molecule has 0 atom stereocenters. The highest BCUT2D eigenvalue weighted by atomic mass is 15.5. The monoisotopic (exact) mass is 692 g/mol. The number of hydrogen-bond acceptors (Lipinski definition) is 2. The Balaban J connectivity index is 1.27. The standard InChI is InChI=1S/C50H36N4/c1-4-16-36(17-5-1)37-30-32-50(33-31-37,53-48(40-20-6-2-7-21-40)34-46(51-53)44-28-14-24-38-18-10-12-26-42(38)44)54-49(41-22-8-3-9-23-41)35-47(52-54)45-29-15-25-39-19-11-13-27-43(39)45/h1-35,37H. The van der Waals surface area contributed by atoms with E-state index in [1.165, 1.54) is 27.1 Å². The minimum atomic E-state index is -0.951. The number of hydrogen-bond donors (Lipinski definition) is 0. The average molecular weight is 693 g/mol. The molecule has 1 aliphatic carbocycles. The van der Waals surface area contributed by atoms with Crippen molar-refractivity contribution >= 4 is 21.5 Å². The predicted octanol–water partition coefficient (Wildman–Crippen LogP) is 12.2. The van der Waals surface area contributed by atoms with Crippen LogP contribution in [-0.2, 0) is 5.66 Å². The van der Waals surface area contributed by atoms with Crippen LogP contribution in [-0.4, -0.2) is 19.6 Å². The summed E-state index contributed by atoms with van der Waals surface area (Å²) in [6, 6.07) is 66.3. The van der Waals surface area contributed by atoms with Gasteiger partial charge in [-0.25, -0.2) is 9.36 Å². The van der Waals surface area contributed by atoms with Crippen molar-refractivity contribution in [2.45, 2.75) is 11.6 Å². The first kappa shape index (κ1) is 31.7. The Labute approximate surface area is 314 Å². The molecular weight excluding hydrogens is 657 g/mol. The molecule has 0 saturated carbocycles. The second-order valence-electron chi connectivity index (χ2n) is 13.9. The molecule has 0 unspecified atom stereocenters. The van der Waals surface area contributed by atoms with Gasteiger partial charge in [0.2, 0.25) is 0 Å². The second-order valence-corrected chi connectivity index (χ2v) is 13.9. The van der Waals surface area contributed by atoms with Crippen molar-refractivity contribution in [2.75, 3.05) is 0 Å². The average Bonchev–Trinajstić information content (AvgIpc) is 3.91. The lowest BCUT2D eigenvalue weighted by Crippen LogP contribution is -2.41. The highest BCUT2D eigenvalue weighted by Crippen LogP contribution is 2.42.